The molecule has 1 amide bonds. The van der Waals surface area contributed by atoms with Crippen LogP contribution < -0.4 is 5.32 Å². The quantitative estimate of drug-likeness (QED) is 0.792. The number of hydrogen-bond donors (Lipinski definition) is 1. The third kappa shape index (κ3) is 3.31. The molecule has 3 rings (SSSR count). The van der Waals surface area contributed by atoms with E-state index in [0.717, 1.165) is 28.1 Å². The van der Waals surface area contributed by atoms with Gasteiger partial charge in [0, 0.05) is 23.7 Å². The Bertz CT molecular complexity index is 914. The Morgan fingerprint density at radius 3 is 2.56 bits per heavy atom. The van der Waals surface area contributed by atoms with Crippen molar-refractivity contribution >= 4 is 5.91 Å². The molecule has 0 radical (unpaired) electrons. The van der Waals surface area contributed by atoms with Gasteiger partial charge < -0.3 is 5.32 Å². The summed E-state index contributed by atoms with van der Waals surface area (Å²) in [5.41, 5.74) is 5.73. The summed E-state index contributed by atoms with van der Waals surface area (Å²) in [5, 5.41) is 7.56. The third-order valence-corrected chi connectivity index (χ3v) is 4.49. The second kappa shape index (κ2) is 6.89. The summed E-state index contributed by atoms with van der Waals surface area (Å²) < 4.78 is 1.92. The first kappa shape index (κ1) is 16.9. The maximum absolute atomic E-state index is 12.5. The topological polar surface area (TPSA) is 59.8 Å². The van der Waals surface area contributed by atoms with Gasteiger partial charge in [0.15, 0.2) is 0 Å². The van der Waals surface area contributed by atoms with Crippen LogP contribution in [-0.2, 0) is 0 Å². The number of aryl methyl sites for hydroxylation is 2. The first-order chi connectivity index (χ1) is 12.0. The van der Waals surface area contributed by atoms with Crippen molar-refractivity contribution < 1.29 is 4.79 Å². The maximum Gasteiger partial charge on any atom is 0.253 e. The van der Waals surface area contributed by atoms with E-state index in [1.165, 1.54) is 0 Å². The number of para-hydroxylation sites is 1. The Morgan fingerprint density at radius 1 is 1.08 bits per heavy atom. The number of benzene rings is 1. The van der Waals surface area contributed by atoms with E-state index >= 15 is 0 Å². The van der Waals surface area contributed by atoms with Crippen LogP contribution in [0.2, 0.25) is 0 Å². The first-order valence-electron chi connectivity index (χ1n) is 8.31. The average molecular weight is 334 g/mol. The van der Waals surface area contributed by atoms with E-state index in [1.807, 2.05) is 55.9 Å². The summed E-state index contributed by atoms with van der Waals surface area (Å²) in [7, 11) is 0. The standard InChI is InChI=1S/C20H22N4O/c1-13-9-10-21-11-17(13)20(25)23-15(3)18-12-22-24(16(18)4)19-8-6-5-7-14(19)2/h5-12,15H,1-4H3,(H,23,25)/t15-/m1/s1. The van der Waals surface area contributed by atoms with Crippen LogP contribution in [0.15, 0.2) is 48.9 Å². The van der Waals surface area contributed by atoms with Crippen molar-refractivity contribution in [1.29, 1.82) is 0 Å². The Balaban J connectivity index is 1.84. The number of rotatable bonds is 4. The fourth-order valence-electron chi connectivity index (χ4n) is 2.95. The van der Waals surface area contributed by atoms with Gasteiger partial charge in [-0.25, -0.2) is 4.68 Å². The normalized spacial score (nSPS) is 12.0. The molecule has 0 aliphatic heterocycles. The summed E-state index contributed by atoms with van der Waals surface area (Å²) in [4.78, 5) is 16.6. The molecule has 3 aromatic rings. The maximum atomic E-state index is 12.5. The minimum Gasteiger partial charge on any atom is -0.345 e. The van der Waals surface area contributed by atoms with E-state index in [0.29, 0.717) is 5.56 Å². The largest absolute Gasteiger partial charge is 0.345 e. The van der Waals surface area contributed by atoms with Crippen LogP contribution in [0.1, 0.15) is 45.7 Å². The lowest BCUT2D eigenvalue weighted by Gasteiger charge is -2.15. The summed E-state index contributed by atoms with van der Waals surface area (Å²) in [6.45, 7) is 7.96. The molecule has 5 heteroatoms. The van der Waals surface area contributed by atoms with Crippen LogP contribution in [0.5, 0.6) is 0 Å². The molecule has 0 aliphatic carbocycles. The minimum absolute atomic E-state index is 0.124. The number of hydrogen-bond acceptors (Lipinski definition) is 3. The summed E-state index contributed by atoms with van der Waals surface area (Å²) in [6, 6.07) is 9.80. The van der Waals surface area contributed by atoms with Crippen LogP contribution in [0, 0.1) is 20.8 Å². The zero-order valence-electron chi connectivity index (χ0n) is 14.9. The molecule has 0 unspecified atom stereocenters. The number of nitrogens with zero attached hydrogens (tertiary/aromatic N) is 3. The summed E-state index contributed by atoms with van der Waals surface area (Å²) in [6.07, 6.45) is 5.11. The number of pyridine rings is 1. The van der Waals surface area contributed by atoms with Crippen LogP contribution in [-0.4, -0.2) is 20.7 Å². The fourth-order valence-corrected chi connectivity index (χ4v) is 2.95. The molecular formula is C20H22N4O. The smallest absolute Gasteiger partial charge is 0.253 e. The molecule has 0 bridgehead atoms. The van der Waals surface area contributed by atoms with Crippen molar-refractivity contribution in [2.45, 2.75) is 33.7 Å². The highest BCUT2D eigenvalue weighted by atomic mass is 16.1. The van der Waals surface area contributed by atoms with Gasteiger partial charge in [0.25, 0.3) is 5.91 Å². The molecule has 25 heavy (non-hydrogen) atoms. The van der Waals surface area contributed by atoms with Crippen LogP contribution >= 0.6 is 0 Å². The van der Waals surface area contributed by atoms with Gasteiger partial charge in [0.05, 0.1) is 23.5 Å². The molecule has 1 aromatic carbocycles. The molecular weight excluding hydrogens is 312 g/mol. The number of amides is 1. The Morgan fingerprint density at radius 2 is 1.84 bits per heavy atom. The lowest BCUT2D eigenvalue weighted by Crippen LogP contribution is -2.27. The van der Waals surface area contributed by atoms with Crippen LogP contribution in [0.25, 0.3) is 5.69 Å². The highest BCUT2D eigenvalue weighted by Crippen LogP contribution is 2.22. The van der Waals surface area contributed by atoms with E-state index in [4.69, 9.17) is 0 Å². The fraction of sp³-hybridized carbons (Fsp3) is 0.250. The summed E-state index contributed by atoms with van der Waals surface area (Å²) >= 11 is 0. The van der Waals surface area contributed by atoms with Gasteiger partial charge in [-0.2, -0.15) is 5.10 Å². The molecule has 0 spiro atoms. The average Bonchev–Trinajstić information content (AvgIpc) is 2.97. The van der Waals surface area contributed by atoms with E-state index in [9.17, 15) is 4.79 Å². The zero-order chi connectivity index (χ0) is 18.0. The highest BCUT2D eigenvalue weighted by Gasteiger charge is 2.18. The van der Waals surface area contributed by atoms with E-state index < -0.39 is 0 Å². The van der Waals surface area contributed by atoms with Crippen molar-refractivity contribution in [2.24, 2.45) is 0 Å². The number of nitrogens with one attached hydrogen (secondary N) is 1. The Kier molecular flexibility index (Phi) is 4.65. The first-order valence-corrected chi connectivity index (χ1v) is 8.31. The number of carbonyl (C=O) groups excluding carboxylic acids is 1. The van der Waals surface area contributed by atoms with E-state index in [2.05, 4.69) is 28.4 Å². The second-order valence-electron chi connectivity index (χ2n) is 6.27. The highest BCUT2D eigenvalue weighted by molar-refractivity contribution is 5.95. The van der Waals surface area contributed by atoms with Crippen molar-refractivity contribution in [3.05, 3.63) is 76.9 Å². The van der Waals surface area contributed by atoms with Gasteiger partial charge in [-0.15, -0.1) is 0 Å². The van der Waals surface area contributed by atoms with Gasteiger partial charge in [0.2, 0.25) is 0 Å². The molecule has 1 N–H and O–H groups in total. The number of carbonyl (C=O) groups is 1. The van der Waals surface area contributed by atoms with Gasteiger partial charge in [0.1, 0.15) is 0 Å². The van der Waals surface area contributed by atoms with Crippen molar-refractivity contribution in [2.75, 3.05) is 0 Å². The zero-order valence-corrected chi connectivity index (χ0v) is 14.9. The molecule has 128 valence electrons. The molecule has 0 fully saturated rings. The Hall–Kier alpha value is -2.95. The lowest BCUT2D eigenvalue weighted by atomic mass is 10.1. The molecule has 0 saturated heterocycles. The van der Waals surface area contributed by atoms with Crippen molar-refractivity contribution in [1.82, 2.24) is 20.1 Å². The lowest BCUT2D eigenvalue weighted by molar-refractivity contribution is 0.0939. The van der Waals surface area contributed by atoms with E-state index in [1.54, 1.807) is 12.4 Å². The predicted molar refractivity (Wildman–Crippen MR) is 97.9 cm³/mol. The second-order valence-corrected chi connectivity index (χ2v) is 6.27. The predicted octanol–water partition coefficient (Wildman–Crippen LogP) is 3.68. The van der Waals surface area contributed by atoms with Gasteiger partial charge in [-0.3, -0.25) is 9.78 Å². The van der Waals surface area contributed by atoms with Gasteiger partial charge in [-0.1, -0.05) is 18.2 Å². The molecule has 0 aliphatic rings. The SMILES string of the molecule is Cc1ccncc1C(=O)N[C@H](C)c1cnn(-c2ccccc2C)c1C. The van der Waals surface area contributed by atoms with E-state index in [-0.39, 0.29) is 11.9 Å². The Labute approximate surface area is 147 Å². The van der Waals surface area contributed by atoms with Crippen LogP contribution in [0.4, 0.5) is 0 Å². The monoisotopic (exact) mass is 334 g/mol. The minimum atomic E-state index is -0.148. The molecule has 5 nitrogen and oxygen atoms in total. The van der Waals surface area contributed by atoms with Crippen LogP contribution in [0.3, 0.4) is 0 Å². The molecule has 0 saturated carbocycles. The molecule has 1 atom stereocenters. The van der Waals surface area contributed by atoms with Gasteiger partial charge >= 0.3 is 0 Å². The van der Waals surface area contributed by atoms with Crippen molar-refractivity contribution in [3.63, 3.8) is 0 Å². The van der Waals surface area contributed by atoms with Crippen molar-refractivity contribution in [3.8, 4) is 5.69 Å². The summed E-state index contributed by atoms with van der Waals surface area (Å²) in [5.74, 6) is -0.124. The molecule has 2 heterocycles. The number of aromatic nitrogens is 3. The van der Waals surface area contributed by atoms with Gasteiger partial charge in [-0.05, 0) is 51.0 Å². The molecule has 2 aromatic heterocycles. The third-order valence-electron chi connectivity index (χ3n) is 4.49.